The van der Waals surface area contributed by atoms with Gasteiger partial charge in [0, 0.05) is 30.9 Å². The van der Waals surface area contributed by atoms with Crippen molar-refractivity contribution in [1.82, 2.24) is 10.2 Å². The van der Waals surface area contributed by atoms with Gasteiger partial charge in [0.1, 0.15) is 5.82 Å². The van der Waals surface area contributed by atoms with Gasteiger partial charge in [-0.3, -0.25) is 0 Å². The SMILES string of the molecule is CCCNC(C)c1c(F)cccc1N(C)CCCN(C)C. The summed E-state index contributed by atoms with van der Waals surface area (Å²) < 4.78 is 14.3. The lowest BCUT2D eigenvalue weighted by Gasteiger charge is -2.26. The molecule has 0 spiro atoms. The van der Waals surface area contributed by atoms with Crippen molar-refractivity contribution in [3.8, 4) is 0 Å². The fraction of sp³-hybridized carbons (Fsp3) is 0.647. The van der Waals surface area contributed by atoms with E-state index in [4.69, 9.17) is 0 Å². The Labute approximate surface area is 129 Å². The largest absolute Gasteiger partial charge is 0.374 e. The summed E-state index contributed by atoms with van der Waals surface area (Å²) in [7, 11) is 6.19. The topological polar surface area (TPSA) is 18.5 Å². The highest BCUT2D eigenvalue weighted by molar-refractivity contribution is 5.55. The molecule has 0 fully saturated rings. The summed E-state index contributed by atoms with van der Waals surface area (Å²) in [4.78, 5) is 4.33. The average molecular weight is 295 g/mol. The van der Waals surface area contributed by atoms with E-state index >= 15 is 0 Å². The zero-order valence-corrected chi connectivity index (χ0v) is 14.1. The summed E-state index contributed by atoms with van der Waals surface area (Å²) >= 11 is 0. The van der Waals surface area contributed by atoms with Gasteiger partial charge in [-0.15, -0.1) is 0 Å². The van der Waals surface area contributed by atoms with Crippen molar-refractivity contribution in [2.75, 3.05) is 45.7 Å². The molecular weight excluding hydrogens is 265 g/mol. The van der Waals surface area contributed by atoms with Gasteiger partial charge in [-0.25, -0.2) is 4.39 Å². The molecule has 1 aromatic rings. The number of hydrogen-bond acceptors (Lipinski definition) is 3. The standard InChI is InChI=1S/C17H30FN3/c1-6-11-19-14(2)17-15(18)9-7-10-16(17)21(5)13-8-12-20(3)4/h7,9-10,14,19H,6,8,11-13H2,1-5H3. The van der Waals surface area contributed by atoms with E-state index in [1.807, 2.05) is 20.0 Å². The van der Waals surface area contributed by atoms with Crippen molar-refractivity contribution in [1.29, 1.82) is 0 Å². The first-order chi connectivity index (χ1) is 9.97. The van der Waals surface area contributed by atoms with Crippen LogP contribution >= 0.6 is 0 Å². The zero-order valence-electron chi connectivity index (χ0n) is 14.1. The highest BCUT2D eigenvalue weighted by Gasteiger charge is 2.17. The van der Waals surface area contributed by atoms with Gasteiger partial charge in [-0.1, -0.05) is 13.0 Å². The van der Waals surface area contributed by atoms with Crippen LogP contribution in [0, 0.1) is 5.82 Å². The monoisotopic (exact) mass is 295 g/mol. The second-order valence-electron chi connectivity index (χ2n) is 5.93. The molecule has 0 aromatic heterocycles. The van der Waals surface area contributed by atoms with Crippen LogP contribution in [0.5, 0.6) is 0 Å². The third-order valence-electron chi connectivity index (χ3n) is 3.67. The minimum Gasteiger partial charge on any atom is -0.374 e. The Morgan fingerprint density at radius 2 is 1.90 bits per heavy atom. The third-order valence-corrected chi connectivity index (χ3v) is 3.67. The predicted molar refractivity (Wildman–Crippen MR) is 89.5 cm³/mol. The van der Waals surface area contributed by atoms with E-state index in [9.17, 15) is 4.39 Å². The van der Waals surface area contributed by atoms with Crippen LogP contribution < -0.4 is 10.2 Å². The first-order valence-corrected chi connectivity index (χ1v) is 7.85. The summed E-state index contributed by atoms with van der Waals surface area (Å²) in [5, 5.41) is 3.38. The summed E-state index contributed by atoms with van der Waals surface area (Å²) in [5.41, 5.74) is 1.77. The van der Waals surface area contributed by atoms with E-state index in [-0.39, 0.29) is 11.9 Å². The molecule has 1 unspecified atom stereocenters. The molecule has 120 valence electrons. The summed E-state index contributed by atoms with van der Waals surface area (Å²) in [5.74, 6) is -0.122. The fourth-order valence-electron chi connectivity index (χ4n) is 2.49. The number of halogens is 1. The predicted octanol–water partition coefficient (Wildman–Crippen LogP) is 3.27. The number of hydrogen-bond donors (Lipinski definition) is 1. The number of nitrogens with zero attached hydrogens (tertiary/aromatic N) is 2. The Bertz CT molecular complexity index is 420. The van der Waals surface area contributed by atoms with Gasteiger partial charge in [0.15, 0.2) is 0 Å². The second kappa shape index (κ2) is 9.00. The average Bonchev–Trinajstić information content (AvgIpc) is 2.43. The molecule has 0 aliphatic heterocycles. The summed E-state index contributed by atoms with van der Waals surface area (Å²) in [6, 6.07) is 5.38. The van der Waals surface area contributed by atoms with E-state index in [0.717, 1.165) is 43.7 Å². The number of anilines is 1. The van der Waals surface area contributed by atoms with Gasteiger partial charge in [0.05, 0.1) is 0 Å². The highest BCUT2D eigenvalue weighted by Crippen LogP contribution is 2.28. The van der Waals surface area contributed by atoms with E-state index < -0.39 is 0 Å². The van der Waals surface area contributed by atoms with Crippen LogP contribution in [0.15, 0.2) is 18.2 Å². The molecule has 0 aliphatic carbocycles. The van der Waals surface area contributed by atoms with Gasteiger partial charge < -0.3 is 15.1 Å². The maximum Gasteiger partial charge on any atom is 0.130 e. The van der Waals surface area contributed by atoms with Crippen LogP contribution in [0.4, 0.5) is 10.1 Å². The van der Waals surface area contributed by atoms with Crippen molar-refractivity contribution >= 4 is 5.69 Å². The molecule has 1 aromatic carbocycles. The van der Waals surface area contributed by atoms with Crippen molar-refractivity contribution in [3.05, 3.63) is 29.6 Å². The molecule has 21 heavy (non-hydrogen) atoms. The maximum atomic E-state index is 14.3. The van der Waals surface area contributed by atoms with Crippen molar-refractivity contribution in [2.45, 2.75) is 32.7 Å². The molecule has 1 rings (SSSR count). The molecular formula is C17H30FN3. The lowest BCUT2D eigenvalue weighted by molar-refractivity contribution is 0.401. The third kappa shape index (κ3) is 5.64. The van der Waals surface area contributed by atoms with Crippen LogP contribution in [-0.2, 0) is 0 Å². The van der Waals surface area contributed by atoms with E-state index in [2.05, 4.69) is 36.1 Å². The Morgan fingerprint density at radius 1 is 1.19 bits per heavy atom. The number of nitrogens with one attached hydrogen (secondary N) is 1. The van der Waals surface area contributed by atoms with E-state index in [0.29, 0.717) is 0 Å². The van der Waals surface area contributed by atoms with Gasteiger partial charge in [0.25, 0.3) is 0 Å². The Kier molecular flexibility index (Phi) is 7.68. The maximum absolute atomic E-state index is 14.3. The van der Waals surface area contributed by atoms with Crippen LogP contribution in [0.2, 0.25) is 0 Å². The van der Waals surface area contributed by atoms with E-state index in [1.165, 1.54) is 0 Å². The zero-order chi connectivity index (χ0) is 15.8. The Morgan fingerprint density at radius 3 is 2.52 bits per heavy atom. The van der Waals surface area contributed by atoms with Crippen LogP contribution in [0.1, 0.15) is 38.3 Å². The molecule has 0 amide bonds. The highest BCUT2D eigenvalue weighted by atomic mass is 19.1. The summed E-state index contributed by atoms with van der Waals surface area (Å²) in [6.45, 7) is 7.02. The summed E-state index contributed by atoms with van der Waals surface area (Å²) in [6.07, 6.45) is 2.11. The van der Waals surface area contributed by atoms with Crippen molar-refractivity contribution in [3.63, 3.8) is 0 Å². The molecule has 0 aliphatic rings. The Hall–Kier alpha value is -1.13. The van der Waals surface area contributed by atoms with Gasteiger partial charge in [0.2, 0.25) is 0 Å². The quantitative estimate of drug-likeness (QED) is 0.754. The molecule has 0 saturated carbocycles. The molecule has 0 bridgehead atoms. The van der Waals surface area contributed by atoms with Gasteiger partial charge in [-0.05, 0) is 59.1 Å². The number of benzene rings is 1. The van der Waals surface area contributed by atoms with Crippen LogP contribution in [0.25, 0.3) is 0 Å². The fourth-order valence-corrected chi connectivity index (χ4v) is 2.49. The molecule has 0 heterocycles. The Balaban J connectivity index is 2.83. The first-order valence-electron chi connectivity index (χ1n) is 7.85. The lowest BCUT2D eigenvalue weighted by Crippen LogP contribution is -2.27. The minimum absolute atomic E-state index is 0.0254. The van der Waals surface area contributed by atoms with Gasteiger partial charge >= 0.3 is 0 Å². The molecule has 0 saturated heterocycles. The number of rotatable bonds is 9. The van der Waals surface area contributed by atoms with Crippen LogP contribution in [0.3, 0.4) is 0 Å². The molecule has 3 nitrogen and oxygen atoms in total. The smallest absolute Gasteiger partial charge is 0.130 e. The van der Waals surface area contributed by atoms with Crippen LogP contribution in [-0.4, -0.2) is 45.7 Å². The molecule has 1 atom stereocenters. The minimum atomic E-state index is -0.122. The molecule has 1 N–H and O–H groups in total. The molecule has 0 radical (unpaired) electrons. The van der Waals surface area contributed by atoms with Gasteiger partial charge in [-0.2, -0.15) is 0 Å². The first kappa shape index (κ1) is 17.9. The van der Waals surface area contributed by atoms with Crippen molar-refractivity contribution < 1.29 is 4.39 Å². The van der Waals surface area contributed by atoms with Crippen molar-refractivity contribution in [2.24, 2.45) is 0 Å². The lowest BCUT2D eigenvalue weighted by atomic mass is 10.0. The molecule has 4 heteroatoms. The second-order valence-corrected chi connectivity index (χ2v) is 5.93. The van der Waals surface area contributed by atoms with E-state index in [1.54, 1.807) is 12.1 Å². The normalized spacial score (nSPS) is 12.7.